The van der Waals surface area contributed by atoms with Crippen molar-refractivity contribution in [3.63, 3.8) is 0 Å². The van der Waals surface area contributed by atoms with Gasteiger partial charge in [-0.3, -0.25) is 4.79 Å². The highest BCUT2D eigenvalue weighted by atomic mass is 16.5. The molecule has 0 aromatic rings. The topological polar surface area (TPSA) is 46.5 Å². The molecule has 8 saturated carbocycles. The van der Waals surface area contributed by atoms with Gasteiger partial charge in [-0.05, 0) is 117 Å². The van der Waals surface area contributed by atoms with Crippen LogP contribution < -0.4 is 0 Å². The second-order valence-corrected chi connectivity index (χ2v) is 13.1. The summed E-state index contributed by atoms with van der Waals surface area (Å²) in [6.07, 6.45) is 14.5. The van der Waals surface area contributed by atoms with Crippen LogP contribution in [0.2, 0.25) is 0 Å². The van der Waals surface area contributed by atoms with Crippen LogP contribution in [0.15, 0.2) is 0 Å². The van der Waals surface area contributed by atoms with Gasteiger partial charge in [0, 0.05) is 5.41 Å². The molecule has 0 aromatic heterocycles. The number of ether oxygens (including phenoxy) is 1. The summed E-state index contributed by atoms with van der Waals surface area (Å²) in [5.41, 5.74) is 0.456. The summed E-state index contributed by atoms with van der Waals surface area (Å²) in [4.78, 5) is 13.5. The van der Waals surface area contributed by atoms with E-state index in [0.29, 0.717) is 29.3 Å². The molecular weight excluding hydrogens is 336 g/mol. The monoisotopic (exact) mass is 368 g/mol. The molecule has 0 heterocycles. The Morgan fingerprint density at radius 1 is 0.852 bits per heavy atom. The molecule has 10 unspecified atom stereocenters. The van der Waals surface area contributed by atoms with Crippen LogP contribution in [0.4, 0.5) is 0 Å². The summed E-state index contributed by atoms with van der Waals surface area (Å²) in [5.74, 6) is 4.20. The first-order chi connectivity index (χ1) is 12.9. The fourth-order valence-corrected chi connectivity index (χ4v) is 11.8. The molecule has 6 bridgehead atoms. The van der Waals surface area contributed by atoms with Gasteiger partial charge < -0.3 is 9.84 Å². The Morgan fingerprint density at radius 3 is 2.70 bits per heavy atom. The highest BCUT2D eigenvalue weighted by Crippen LogP contribution is 2.82. The molecule has 3 heteroatoms. The second kappa shape index (κ2) is 4.02. The quantitative estimate of drug-likeness (QED) is 0.764. The summed E-state index contributed by atoms with van der Waals surface area (Å²) >= 11 is 0. The molecule has 1 N–H and O–H groups in total. The van der Waals surface area contributed by atoms with Crippen LogP contribution in [0, 0.1) is 51.2 Å². The number of aliphatic hydroxyl groups is 1. The lowest BCUT2D eigenvalue weighted by Crippen LogP contribution is -2.57. The zero-order valence-corrected chi connectivity index (χ0v) is 16.3. The minimum Gasteiger partial charge on any atom is -0.465 e. The van der Waals surface area contributed by atoms with Crippen molar-refractivity contribution in [2.24, 2.45) is 51.2 Å². The van der Waals surface area contributed by atoms with Gasteiger partial charge in [0.2, 0.25) is 0 Å². The van der Waals surface area contributed by atoms with Crippen LogP contribution in [0.25, 0.3) is 0 Å². The molecule has 8 aliphatic carbocycles. The number of carbonyl (C=O) groups excluding carboxylic acids is 1. The van der Waals surface area contributed by atoms with Gasteiger partial charge in [-0.15, -0.1) is 0 Å². The van der Waals surface area contributed by atoms with Crippen LogP contribution in [0.5, 0.6) is 0 Å². The molecule has 0 saturated heterocycles. The highest BCUT2D eigenvalue weighted by Gasteiger charge is 2.80. The summed E-state index contributed by atoms with van der Waals surface area (Å²) in [6, 6.07) is 0. The van der Waals surface area contributed by atoms with Gasteiger partial charge in [-0.1, -0.05) is 0 Å². The van der Waals surface area contributed by atoms with E-state index in [1.165, 1.54) is 44.9 Å². The van der Waals surface area contributed by atoms with E-state index in [9.17, 15) is 9.90 Å². The van der Waals surface area contributed by atoms with E-state index in [-0.39, 0.29) is 16.8 Å². The van der Waals surface area contributed by atoms with E-state index in [1.54, 1.807) is 0 Å². The predicted octanol–water partition coefficient (Wildman–Crippen LogP) is 4.08. The molecule has 0 radical (unpaired) electrons. The normalized spacial score (nSPS) is 67.8. The molecular formula is C24H32O3. The molecule has 27 heavy (non-hydrogen) atoms. The van der Waals surface area contributed by atoms with Gasteiger partial charge in [0.1, 0.15) is 0 Å². The van der Waals surface area contributed by atoms with Crippen LogP contribution >= 0.6 is 0 Å². The third-order valence-corrected chi connectivity index (χ3v) is 12.0. The lowest BCUT2D eigenvalue weighted by molar-refractivity contribution is -0.190. The first-order valence-corrected chi connectivity index (χ1v) is 11.8. The van der Waals surface area contributed by atoms with Gasteiger partial charge in [0.25, 0.3) is 0 Å². The number of carbonyl (C=O) groups is 1. The summed E-state index contributed by atoms with van der Waals surface area (Å²) in [7, 11) is 0. The largest absolute Gasteiger partial charge is 0.465 e. The average Bonchev–Trinajstić information content (AvgIpc) is 3.08. The van der Waals surface area contributed by atoms with Crippen molar-refractivity contribution in [1.82, 2.24) is 0 Å². The number of esters is 1. The Morgan fingerprint density at radius 2 is 1.78 bits per heavy atom. The first kappa shape index (κ1) is 15.3. The number of hydrogen-bond donors (Lipinski definition) is 1. The molecule has 8 rings (SSSR count). The second-order valence-electron chi connectivity index (χ2n) is 13.1. The van der Waals surface area contributed by atoms with E-state index in [1.807, 2.05) is 0 Å². The first-order valence-electron chi connectivity index (χ1n) is 11.8. The molecule has 2 spiro atoms. The van der Waals surface area contributed by atoms with Crippen molar-refractivity contribution in [2.75, 3.05) is 6.61 Å². The van der Waals surface area contributed by atoms with Gasteiger partial charge in [-0.25, -0.2) is 0 Å². The predicted molar refractivity (Wildman–Crippen MR) is 98.5 cm³/mol. The van der Waals surface area contributed by atoms with Gasteiger partial charge in [-0.2, -0.15) is 0 Å². The van der Waals surface area contributed by atoms with E-state index >= 15 is 0 Å². The Bertz CT molecular complexity index is 784. The number of hydrogen-bond acceptors (Lipinski definition) is 3. The van der Waals surface area contributed by atoms with Gasteiger partial charge >= 0.3 is 5.97 Å². The maximum absolute atomic E-state index is 13.5. The highest BCUT2D eigenvalue weighted by molar-refractivity contribution is 5.81. The van der Waals surface area contributed by atoms with Crippen LogP contribution in [-0.2, 0) is 9.53 Å². The molecule has 3 nitrogen and oxygen atoms in total. The number of rotatable bonds is 3. The fourth-order valence-electron chi connectivity index (χ4n) is 11.8. The van der Waals surface area contributed by atoms with Crippen molar-refractivity contribution in [3.8, 4) is 0 Å². The maximum atomic E-state index is 13.5. The molecule has 0 aliphatic heterocycles. The van der Waals surface area contributed by atoms with E-state index < -0.39 is 5.60 Å². The van der Waals surface area contributed by atoms with E-state index in [4.69, 9.17) is 4.74 Å². The lowest BCUT2D eigenvalue weighted by Gasteiger charge is -2.56. The zero-order chi connectivity index (χ0) is 17.9. The van der Waals surface area contributed by atoms with Crippen molar-refractivity contribution in [2.45, 2.75) is 82.7 Å². The fraction of sp³-hybridized carbons (Fsp3) is 0.958. The minimum absolute atomic E-state index is 0.115. The Balaban J connectivity index is 1.06. The molecule has 0 amide bonds. The van der Waals surface area contributed by atoms with Crippen LogP contribution in [0.3, 0.4) is 0 Å². The molecule has 0 aromatic carbocycles. The lowest BCUT2D eigenvalue weighted by atomic mass is 9.46. The van der Waals surface area contributed by atoms with Gasteiger partial charge in [0.15, 0.2) is 0 Å². The number of fused-ring (bicyclic) bond motifs is 4. The van der Waals surface area contributed by atoms with Crippen LogP contribution in [-0.4, -0.2) is 23.3 Å². The third-order valence-electron chi connectivity index (χ3n) is 12.0. The summed E-state index contributed by atoms with van der Waals surface area (Å²) in [5, 5.41) is 11.0. The Hall–Kier alpha value is -0.570. The zero-order valence-electron chi connectivity index (χ0n) is 16.3. The van der Waals surface area contributed by atoms with E-state index in [0.717, 1.165) is 49.9 Å². The average molecular weight is 369 g/mol. The Labute approximate surface area is 161 Å². The van der Waals surface area contributed by atoms with E-state index in [2.05, 4.69) is 0 Å². The third kappa shape index (κ3) is 1.44. The Kier molecular flexibility index (Phi) is 2.28. The molecule has 8 fully saturated rings. The van der Waals surface area contributed by atoms with Crippen molar-refractivity contribution in [1.29, 1.82) is 0 Å². The SMILES string of the molecule is O=C(OCC12CC3CC4CC(C1)C4(C3)C2)C12CC3CC4(O)CC(C1)C2(C3)C4. The van der Waals surface area contributed by atoms with Crippen molar-refractivity contribution >= 4 is 5.97 Å². The van der Waals surface area contributed by atoms with Crippen LogP contribution in [0.1, 0.15) is 77.0 Å². The van der Waals surface area contributed by atoms with Gasteiger partial charge in [0.05, 0.1) is 17.6 Å². The minimum atomic E-state index is -0.452. The standard InChI is InChI=1S/C24H32O3/c25-19(23-6-15-4-21(26)9-18(10-23)24(23,7-15)12-21)27-13-20-3-14-1-16-2-17(8-20)22(16,5-14)11-20/h14-18,26H,1-13H2. The molecule has 10 atom stereocenters. The summed E-state index contributed by atoms with van der Waals surface area (Å²) < 4.78 is 6.28. The maximum Gasteiger partial charge on any atom is 0.312 e. The smallest absolute Gasteiger partial charge is 0.312 e. The summed E-state index contributed by atoms with van der Waals surface area (Å²) in [6.45, 7) is 0.713. The molecule has 146 valence electrons. The van der Waals surface area contributed by atoms with Crippen molar-refractivity contribution < 1.29 is 14.6 Å². The van der Waals surface area contributed by atoms with Crippen molar-refractivity contribution in [3.05, 3.63) is 0 Å². The molecule has 8 aliphatic rings.